The van der Waals surface area contributed by atoms with Crippen LogP contribution in [-0.2, 0) is 6.42 Å². The van der Waals surface area contributed by atoms with Gasteiger partial charge < -0.3 is 9.80 Å². The van der Waals surface area contributed by atoms with Crippen LogP contribution in [-0.4, -0.2) is 51.9 Å². The van der Waals surface area contributed by atoms with Crippen molar-refractivity contribution in [3.05, 3.63) is 33.2 Å². The topological polar surface area (TPSA) is 62.2 Å². The van der Waals surface area contributed by atoms with Crippen molar-refractivity contribution < 1.29 is 4.79 Å². The largest absolute Gasteiger partial charge is 0.356 e. The molecule has 4 heterocycles. The first-order valence-corrected chi connectivity index (χ1v) is 11.8. The van der Waals surface area contributed by atoms with Gasteiger partial charge in [-0.25, -0.2) is 15.0 Å². The molecule has 3 aliphatic rings. The number of aryl methyl sites for hydroxylation is 2. The number of thiazole rings is 1. The number of rotatable bonds is 4. The number of nitrogens with zero attached hydrogens (tertiary/aromatic N) is 5. The summed E-state index contributed by atoms with van der Waals surface area (Å²) in [6.07, 6.45) is 7.05. The molecule has 1 aliphatic carbocycles. The van der Waals surface area contributed by atoms with Crippen LogP contribution in [0.25, 0.3) is 0 Å². The van der Waals surface area contributed by atoms with Crippen LogP contribution in [0, 0.1) is 19.8 Å². The molecule has 0 spiro atoms. The molecule has 0 radical (unpaired) electrons. The lowest BCUT2D eigenvalue weighted by Crippen LogP contribution is -2.40. The highest BCUT2D eigenvalue weighted by Gasteiger charge is 2.32. The number of hydrogen-bond acceptors (Lipinski definition) is 6. The van der Waals surface area contributed by atoms with Gasteiger partial charge in [0.15, 0.2) is 0 Å². The number of carbonyl (C=O) groups is 1. The van der Waals surface area contributed by atoms with Crippen LogP contribution in [0.1, 0.15) is 70.5 Å². The molecule has 0 aromatic carbocycles. The minimum absolute atomic E-state index is 0.111. The van der Waals surface area contributed by atoms with Gasteiger partial charge in [0.1, 0.15) is 16.5 Å². The number of carbonyl (C=O) groups excluding carboxylic acids is 1. The van der Waals surface area contributed by atoms with E-state index in [1.165, 1.54) is 42.0 Å². The third-order valence-corrected chi connectivity index (χ3v) is 7.47. The van der Waals surface area contributed by atoms with Crippen molar-refractivity contribution >= 4 is 23.1 Å². The third kappa shape index (κ3) is 3.77. The Morgan fingerprint density at radius 2 is 2.00 bits per heavy atom. The smallest absolute Gasteiger partial charge is 0.265 e. The van der Waals surface area contributed by atoms with Gasteiger partial charge in [0, 0.05) is 43.4 Å². The molecule has 1 atom stereocenters. The summed E-state index contributed by atoms with van der Waals surface area (Å²) in [4.78, 5) is 32.5. The van der Waals surface area contributed by atoms with Crippen LogP contribution in [0.15, 0.2) is 5.51 Å². The van der Waals surface area contributed by atoms with Crippen molar-refractivity contribution in [2.24, 2.45) is 5.92 Å². The van der Waals surface area contributed by atoms with E-state index in [0.717, 1.165) is 66.9 Å². The molecule has 29 heavy (non-hydrogen) atoms. The Morgan fingerprint density at radius 3 is 2.76 bits per heavy atom. The van der Waals surface area contributed by atoms with Crippen LogP contribution >= 0.6 is 11.3 Å². The predicted molar refractivity (Wildman–Crippen MR) is 115 cm³/mol. The quantitative estimate of drug-likeness (QED) is 0.767. The first-order valence-electron chi connectivity index (χ1n) is 10.9. The molecule has 2 fully saturated rings. The summed E-state index contributed by atoms with van der Waals surface area (Å²) >= 11 is 1.44. The molecule has 2 aliphatic heterocycles. The highest BCUT2D eigenvalue weighted by molar-refractivity contribution is 7.11. The van der Waals surface area contributed by atoms with Gasteiger partial charge in [-0.3, -0.25) is 4.79 Å². The molecule has 5 rings (SSSR count). The summed E-state index contributed by atoms with van der Waals surface area (Å²) in [6, 6.07) is 0. The SMILES string of the molecule is Cc1ncsc1C(=O)N1CCC[C@H](c2nc(C)c3c(n2)N(CC2CC2)CCC3)C1. The third-order valence-electron chi connectivity index (χ3n) is 6.55. The first kappa shape index (κ1) is 19.0. The van der Waals surface area contributed by atoms with Gasteiger partial charge in [0.05, 0.1) is 11.2 Å². The number of hydrogen-bond donors (Lipinski definition) is 0. The maximum Gasteiger partial charge on any atom is 0.265 e. The van der Waals surface area contributed by atoms with Crippen LogP contribution in [0.5, 0.6) is 0 Å². The summed E-state index contributed by atoms with van der Waals surface area (Å²) in [5.41, 5.74) is 5.06. The lowest BCUT2D eigenvalue weighted by atomic mass is 9.95. The zero-order valence-corrected chi connectivity index (χ0v) is 18.2. The van der Waals surface area contributed by atoms with Crippen LogP contribution in [0.2, 0.25) is 0 Å². The molecule has 2 aromatic rings. The predicted octanol–water partition coefficient (Wildman–Crippen LogP) is 3.73. The number of amides is 1. The van der Waals surface area contributed by atoms with Crippen molar-refractivity contribution in [2.75, 3.05) is 31.1 Å². The average Bonchev–Trinajstić information content (AvgIpc) is 3.45. The van der Waals surface area contributed by atoms with E-state index in [1.54, 1.807) is 5.51 Å². The zero-order valence-electron chi connectivity index (χ0n) is 17.4. The Hall–Kier alpha value is -2.02. The standard InChI is InChI=1S/C22H29N5OS/c1-14-18-6-4-9-26(11-16-7-8-16)21(18)25-20(24-14)17-5-3-10-27(12-17)22(28)19-15(2)23-13-29-19/h13,16-17H,3-12H2,1-2H3/t17-/m0/s1. The average molecular weight is 412 g/mol. The molecule has 6 nitrogen and oxygen atoms in total. The van der Waals surface area contributed by atoms with Gasteiger partial charge >= 0.3 is 0 Å². The summed E-state index contributed by atoms with van der Waals surface area (Å²) in [7, 11) is 0. The summed E-state index contributed by atoms with van der Waals surface area (Å²) in [5, 5.41) is 0. The maximum absolute atomic E-state index is 13.0. The minimum Gasteiger partial charge on any atom is -0.356 e. The fourth-order valence-electron chi connectivity index (χ4n) is 4.70. The Kier molecular flexibility index (Phi) is 5.02. The van der Waals surface area contributed by atoms with E-state index in [-0.39, 0.29) is 11.8 Å². The van der Waals surface area contributed by atoms with Crippen LogP contribution in [0.3, 0.4) is 0 Å². The Bertz CT molecular complexity index is 922. The summed E-state index contributed by atoms with van der Waals surface area (Å²) in [5.74, 6) is 3.29. The van der Waals surface area contributed by atoms with E-state index in [2.05, 4.69) is 16.8 Å². The number of anilines is 1. The summed E-state index contributed by atoms with van der Waals surface area (Å²) < 4.78 is 0. The fraction of sp³-hybridized carbons (Fsp3) is 0.636. The lowest BCUT2D eigenvalue weighted by Gasteiger charge is -2.34. The lowest BCUT2D eigenvalue weighted by molar-refractivity contribution is 0.0708. The normalized spacial score (nSPS) is 21.9. The summed E-state index contributed by atoms with van der Waals surface area (Å²) in [6.45, 7) is 7.82. The maximum atomic E-state index is 13.0. The Balaban J connectivity index is 1.39. The second-order valence-electron chi connectivity index (χ2n) is 8.82. The first-order chi connectivity index (χ1) is 14.1. The van der Waals surface area contributed by atoms with E-state index in [9.17, 15) is 4.79 Å². The van der Waals surface area contributed by atoms with Crippen molar-refractivity contribution in [1.82, 2.24) is 19.9 Å². The molecule has 0 bridgehead atoms. The molecule has 2 aromatic heterocycles. The van der Waals surface area contributed by atoms with E-state index in [1.807, 2.05) is 11.8 Å². The van der Waals surface area contributed by atoms with Gasteiger partial charge in [-0.05, 0) is 58.3 Å². The fourth-order valence-corrected chi connectivity index (χ4v) is 5.47. The minimum atomic E-state index is 0.111. The zero-order chi connectivity index (χ0) is 20.0. The highest BCUT2D eigenvalue weighted by atomic mass is 32.1. The van der Waals surface area contributed by atoms with E-state index >= 15 is 0 Å². The number of piperidine rings is 1. The van der Waals surface area contributed by atoms with Gasteiger partial charge in [0.2, 0.25) is 0 Å². The monoisotopic (exact) mass is 411 g/mol. The van der Waals surface area contributed by atoms with Crippen LogP contribution in [0.4, 0.5) is 5.82 Å². The second-order valence-corrected chi connectivity index (χ2v) is 9.67. The molecular formula is C22H29N5OS. The van der Waals surface area contributed by atoms with Gasteiger partial charge in [0.25, 0.3) is 5.91 Å². The Morgan fingerprint density at radius 1 is 1.14 bits per heavy atom. The van der Waals surface area contributed by atoms with Gasteiger partial charge in [-0.15, -0.1) is 11.3 Å². The van der Waals surface area contributed by atoms with Gasteiger partial charge in [-0.1, -0.05) is 0 Å². The van der Waals surface area contributed by atoms with Crippen molar-refractivity contribution in [3.8, 4) is 0 Å². The molecule has 7 heteroatoms. The number of likely N-dealkylation sites (tertiary alicyclic amines) is 1. The van der Waals surface area contributed by atoms with E-state index < -0.39 is 0 Å². The molecular weight excluding hydrogens is 382 g/mol. The molecule has 0 N–H and O–H groups in total. The molecule has 1 amide bonds. The molecule has 154 valence electrons. The highest BCUT2D eigenvalue weighted by Crippen LogP contribution is 2.36. The van der Waals surface area contributed by atoms with Crippen molar-refractivity contribution in [1.29, 1.82) is 0 Å². The second kappa shape index (κ2) is 7.67. The molecule has 0 unspecified atom stereocenters. The Labute approximate surface area is 176 Å². The van der Waals surface area contributed by atoms with Crippen molar-refractivity contribution in [3.63, 3.8) is 0 Å². The van der Waals surface area contributed by atoms with Gasteiger partial charge in [-0.2, -0.15) is 0 Å². The number of fused-ring (bicyclic) bond motifs is 1. The van der Waals surface area contributed by atoms with Crippen molar-refractivity contribution in [2.45, 2.75) is 58.3 Å². The van der Waals surface area contributed by atoms with Crippen LogP contribution < -0.4 is 4.90 Å². The number of aromatic nitrogens is 3. The molecule has 1 saturated carbocycles. The molecule has 1 saturated heterocycles. The van der Waals surface area contributed by atoms with E-state index in [0.29, 0.717) is 6.54 Å². The van der Waals surface area contributed by atoms with E-state index in [4.69, 9.17) is 9.97 Å².